The van der Waals surface area contributed by atoms with E-state index < -0.39 is 0 Å². The van der Waals surface area contributed by atoms with Crippen LogP contribution in [-0.4, -0.2) is 43.9 Å². The van der Waals surface area contributed by atoms with Crippen molar-refractivity contribution >= 4 is 6.09 Å². The number of likely N-dealkylation sites (N-methyl/N-ethyl adjacent to an activating group) is 1. The molecule has 1 aliphatic rings. The van der Waals surface area contributed by atoms with Gasteiger partial charge in [0.1, 0.15) is 0 Å². The summed E-state index contributed by atoms with van der Waals surface area (Å²) in [5, 5.41) is 0. The van der Waals surface area contributed by atoms with Gasteiger partial charge in [-0.1, -0.05) is 37.3 Å². The van der Waals surface area contributed by atoms with Gasteiger partial charge in [-0.25, -0.2) is 4.79 Å². The van der Waals surface area contributed by atoms with E-state index in [2.05, 4.69) is 37.3 Å². The van der Waals surface area contributed by atoms with E-state index in [0.717, 1.165) is 19.3 Å². The van der Waals surface area contributed by atoms with Crippen molar-refractivity contribution < 1.29 is 14.3 Å². The molecule has 1 aromatic rings. The van der Waals surface area contributed by atoms with Crippen LogP contribution in [0.4, 0.5) is 4.79 Å². The highest BCUT2D eigenvalue weighted by atomic mass is 16.5. The van der Waals surface area contributed by atoms with Crippen LogP contribution in [0, 0.1) is 0 Å². The number of nitrogens with zero attached hydrogens (tertiary/aromatic N) is 1. The van der Waals surface area contributed by atoms with Crippen LogP contribution in [0.25, 0.3) is 0 Å². The molecular formula is C19H29NO3. The molecule has 0 N–H and O–H groups in total. The first-order valence-electron chi connectivity index (χ1n) is 8.63. The molecule has 1 atom stereocenters. The van der Waals surface area contributed by atoms with Crippen LogP contribution in [0.2, 0.25) is 0 Å². The maximum atomic E-state index is 11.6. The number of methoxy groups -OCH3 is 1. The number of benzene rings is 1. The van der Waals surface area contributed by atoms with Gasteiger partial charge in [0.2, 0.25) is 0 Å². The van der Waals surface area contributed by atoms with Crippen LogP contribution >= 0.6 is 0 Å². The van der Waals surface area contributed by atoms with Crippen LogP contribution in [0.1, 0.15) is 50.5 Å². The molecule has 1 fully saturated rings. The standard InChI is InChI=1S/C19H29NO3/c1-4-17(20(2)19(21)22-3)14-23-18-12-10-16(11-13-18)15-8-6-5-7-9-15/h5-9,16-18H,4,10-14H2,1-3H3/t16?,17-,18?/m1/s1. The van der Waals surface area contributed by atoms with Crippen molar-refractivity contribution in [3.05, 3.63) is 35.9 Å². The van der Waals surface area contributed by atoms with Crippen molar-refractivity contribution in [3.8, 4) is 0 Å². The Hall–Kier alpha value is -1.55. The molecule has 1 aliphatic carbocycles. The summed E-state index contributed by atoms with van der Waals surface area (Å²) in [7, 11) is 3.19. The summed E-state index contributed by atoms with van der Waals surface area (Å²) >= 11 is 0. The molecule has 23 heavy (non-hydrogen) atoms. The van der Waals surface area contributed by atoms with Crippen LogP contribution in [0.5, 0.6) is 0 Å². The number of rotatable bonds is 6. The van der Waals surface area contributed by atoms with Gasteiger partial charge in [-0.2, -0.15) is 0 Å². The quantitative estimate of drug-likeness (QED) is 0.788. The number of ether oxygens (including phenoxy) is 2. The lowest BCUT2D eigenvalue weighted by Crippen LogP contribution is -2.40. The fraction of sp³-hybridized carbons (Fsp3) is 0.632. The zero-order chi connectivity index (χ0) is 16.7. The van der Waals surface area contributed by atoms with Crippen molar-refractivity contribution in [3.63, 3.8) is 0 Å². The number of carbonyl (C=O) groups is 1. The first kappa shape index (κ1) is 17.8. The zero-order valence-corrected chi connectivity index (χ0v) is 14.5. The van der Waals surface area contributed by atoms with Crippen LogP contribution in [0.15, 0.2) is 30.3 Å². The number of carbonyl (C=O) groups excluding carboxylic acids is 1. The van der Waals surface area contributed by atoms with Gasteiger partial charge in [0, 0.05) is 7.05 Å². The Labute approximate surface area is 139 Å². The van der Waals surface area contributed by atoms with Crippen LogP contribution in [0.3, 0.4) is 0 Å². The summed E-state index contributed by atoms with van der Waals surface area (Å²) in [6.45, 7) is 2.66. The lowest BCUT2D eigenvalue weighted by molar-refractivity contribution is -0.00653. The molecule has 2 rings (SSSR count). The van der Waals surface area contributed by atoms with E-state index in [9.17, 15) is 4.79 Å². The molecule has 0 aromatic heterocycles. The predicted octanol–water partition coefficient (Wildman–Crippen LogP) is 4.21. The fourth-order valence-corrected chi connectivity index (χ4v) is 3.33. The Morgan fingerprint density at radius 3 is 2.43 bits per heavy atom. The van der Waals surface area contributed by atoms with E-state index in [1.165, 1.54) is 25.5 Å². The molecule has 0 spiro atoms. The second-order valence-corrected chi connectivity index (χ2v) is 6.36. The van der Waals surface area contributed by atoms with Crippen molar-refractivity contribution in [2.24, 2.45) is 0 Å². The zero-order valence-electron chi connectivity index (χ0n) is 14.5. The first-order valence-corrected chi connectivity index (χ1v) is 8.63. The maximum absolute atomic E-state index is 11.6. The second-order valence-electron chi connectivity index (χ2n) is 6.36. The van der Waals surface area contributed by atoms with Gasteiger partial charge in [-0.05, 0) is 43.6 Å². The van der Waals surface area contributed by atoms with Gasteiger partial charge in [0.25, 0.3) is 0 Å². The lowest BCUT2D eigenvalue weighted by atomic mass is 9.83. The molecule has 1 aromatic carbocycles. The molecule has 0 aliphatic heterocycles. The summed E-state index contributed by atoms with van der Waals surface area (Å²) in [5.41, 5.74) is 1.45. The number of hydrogen-bond donors (Lipinski definition) is 0. The van der Waals surface area contributed by atoms with Crippen molar-refractivity contribution in [2.45, 2.75) is 57.1 Å². The molecule has 1 saturated carbocycles. The fourth-order valence-electron chi connectivity index (χ4n) is 3.33. The maximum Gasteiger partial charge on any atom is 0.409 e. The summed E-state index contributed by atoms with van der Waals surface area (Å²) < 4.78 is 10.9. The molecule has 4 heteroatoms. The average molecular weight is 319 g/mol. The number of hydrogen-bond acceptors (Lipinski definition) is 3. The molecule has 0 bridgehead atoms. The molecule has 0 heterocycles. The molecule has 1 amide bonds. The summed E-state index contributed by atoms with van der Waals surface area (Å²) in [6, 6.07) is 10.8. The average Bonchev–Trinajstić information content (AvgIpc) is 2.62. The Kier molecular flexibility index (Phi) is 6.90. The SMILES string of the molecule is CC[C@H](COC1CCC(c2ccccc2)CC1)N(C)C(=O)OC. The highest BCUT2D eigenvalue weighted by molar-refractivity contribution is 5.67. The minimum Gasteiger partial charge on any atom is -0.453 e. The number of amides is 1. The van der Waals surface area contributed by atoms with Gasteiger partial charge in [-0.3, -0.25) is 0 Å². The normalized spacial score (nSPS) is 22.4. The molecular weight excluding hydrogens is 290 g/mol. The van der Waals surface area contributed by atoms with Gasteiger partial charge in [0.05, 0.1) is 25.9 Å². The van der Waals surface area contributed by atoms with E-state index in [1.54, 1.807) is 11.9 Å². The van der Waals surface area contributed by atoms with Gasteiger partial charge < -0.3 is 14.4 Å². The van der Waals surface area contributed by atoms with E-state index in [-0.39, 0.29) is 12.1 Å². The van der Waals surface area contributed by atoms with Gasteiger partial charge in [-0.15, -0.1) is 0 Å². The second kappa shape index (κ2) is 8.92. The Morgan fingerprint density at radius 2 is 1.87 bits per heavy atom. The molecule has 128 valence electrons. The third kappa shape index (κ3) is 4.96. The van der Waals surface area contributed by atoms with Gasteiger partial charge in [0.15, 0.2) is 0 Å². The highest BCUT2D eigenvalue weighted by Gasteiger charge is 2.25. The topological polar surface area (TPSA) is 38.8 Å². The van der Waals surface area contributed by atoms with Crippen LogP contribution < -0.4 is 0 Å². The summed E-state index contributed by atoms with van der Waals surface area (Å²) in [6.07, 6.45) is 5.43. The van der Waals surface area contributed by atoms with E-state index in [1.807, 2.05) is 0 Å². The van der Waals surface area contributed by atoms with Crippen molar-refractivity contribution in [1.29, 1.82) is 0 Å². The molecule has 0 radical (unpaired) electrons. The van der Waals surface area contributed by atoms with Crippen molar-refractivity contribution in [2.75, 3.05) is 20.8 Å². The minimum atomic E-state index is -0.298. The monoisotopic (exact) mass is 319 g/mol. The summed E-state index contributed by atoms with van der Waals surface area (Å²) in [4.78, 5) is 13.2. The Morgan fingerprint density at radius 1 is 1.22 bits per heavy atom. The highest BCUT2D eigenvalue weighted by Crippen LogP contribution is 2.33. The van der Waals surface area contributed by atoms with E-state index in [4.69, 9.17) is 9.47 Å². The predicted molar refractivity (Wildman–Crippen MR) is 91.6 cm³/mol. The summed E-state index contributed by atoms with van der Waals surface area (Å²) in [5.74, 6) is 0.663. The minimum absolute atomic E-state index is 0.0781. The third-order valence-electron chi connectivity index (χ3n) is 4.95. The Bertz CT molecular complexity index is 469. The van der Waals surface area contributed by atoms with E-state index in [0.29, 0.717) is 18.6 Å². The molecule has 0 unspecified atom stereocenters. The molecule has 4 nitrogen and oxygen atoms in total. The van der Waals surface area contributed by atoms with Gasteiger partial charge >= 0.3 is 6.09 Å². The van der Waals surface area contributed by atoms with Crippen molar-refractivity contribution in [1.82, 2.24) is 4.90 Å². The third-order valence-corrected chi connectivity index (χ3v) is 4.95. The molecule has 0 saturated heterocycles. The first-order chi connectivity index (χ1) is 11.2. The van der Waals surface area contributed by atoms with E-state index >= 15 is 0 Å². The smallest absolute Gasteiger partial charge is 0.409 e. The Balaban J connectivity index is 1.76. The lowest BCUT2D eigenvalue weighted by Gasteiger charge is -2.32. The largest absolute Gasteiger partial charge is 0.453 e. The van der Waals surface area contributed by atoms with Crippen LogP contribution in [-0.2, 0) is 9.47 Å².